The molecule has 5 aliphatic rings. The summed E-state index contributed by atoms with van der Waals surface area (Å²) in [5, 5.41) is 9.38. The van der Waals surface area contributed by atoms with Crippen molar-refractivity contribution in [2.75, 3.05) is 6.54 Å². The van der Waals surface area contributed by atoms with E-state index in [1.807, 2.05) is 12.2 Å². The molecular weight excluding hydrogens is 844 g/mol. The van der Waals surface area contributed by atoms with Crippen LogP contribution in [0.15, 0.2) is 66.7 Å². The summed E-state index contributed by atoms with van der Waals surface area (Å²) in [5.74, 6) is -2.72. The van der Waals surface area contributed by atoms with Gasteiger partial charge in [-0.25, -0.2) is 18.2 Å². The molecule has 2 aliphatic heterocycles. The van der Waals surface area contributed by atoms with Crippen molar-refractivity contribution in [3.8, 4) is 17.1 Å². The highest BCUT2D eigenvalue weighted by atomic mass is 32.2. The Labute approximate surface area is 361 Å². The molecule has 2 aromatic heterocycles. The van der Waals surface area contributed by atoms with Gasteiger partial charge < -0.3 is 25.0 Å². The number of hydrogen-bond donors (Lipinski definition) is 3. The zero-order chi connectivity index (χ0) is 44.1. The molecular formula is C44H48F3N7O8S. The van der Waals surface area contributed by atoms with Crippen molar-refractivity contribution in [2.45, 2.75) is 125 Å². The average Bonchev–Trinajstić information content (AvgIpc) is 4.06. The molecule has 4 heterocycles. The summed E-state index contributed by atoms with van der Waals surface area (Å²) >= 11 is 0. The summed E-state index contributed by atoms with van der Waals surface area (Å²) < 4.78 is 84.3. The van der Waals surface area contributed by atoms with Crippen molar-refractivity contribution in [3.05, 3.63) is 72.3 Å². The number of rotatable bonds is 8. The Hall–Kier alpha value is -5.72. The van der Waals surface area contributed by atoms with Crippen LogP contribution >= 0.6 is 0 Å². The van der Waals surface area contributed by atoms with Crippen LogP contribution in [-0.4, -0.2) is 93.4 Å². The van der Waals surface area contributed by atoms with E-state index in [9.17, 15) is 40.8 Å². The Morgan fingerprint density at radius 1 is 0.921 bits per heavy atom. The maximum atomic E-state index is 14.8. The lowest BCUT2D eigenvalue weighted by molar-refractivity contribution is -0.141. The van der Waals surface area contributed by atoms with Crippen LogP contribution in [0.4, 0.5) is 18.0 Å². The van der Waals surface area contributed by atoms with E-state index < -0.39 is 80.5 Å². The summed E-state index contributed by atoms with van der Waals surface area (Å²) in [5.41, 5.74) is -1.84. The number of fused-ring (bicyclic) bond motifs is 5. The van der Waals surface area contributed by atoms with Crippen LogP contribution < -0.4 is 20.1 Å². The number of alkyl carbamates (subject to hydrolysis) is 1. The first-order valence-corrected chi connectivity index (χ1v) is 23.2. The molecule has 334 valence electrons. The third-order valence-corrected chi connectivity index (χ3v) is 14.6. The number of nitrogens with one attached hydrogen (secondary N) is 3. The number of hydrogen-bond acceptors (Lipinski definition) is 10. The minimum Gasteiger partial charge on any atom is -0.472 e. The normalized spacial score (nSPS) is 26.6. The van der Waals surface area contributed by atoms with Gasteiger partial charge in [0, 0.05) is 29.4 Å². The van der Waals surface area contributed by atoms with Crippen molar-refractivity contribution >= 4 is 50.4 Å². The van der Waals surface area contributed by atoms with Crippen molar-refractivity contribution in [3.63, 3.8) is 0 Å². The summed E-state index contributed by atoms with van der Waals surface area (Å²) in [6, 6.07) is 11.8. The van der Waals surface area contributed by atoms with Crippen LogP contribution in [0.1, 0.15) is 89.0 Å². The van der Waals surface area contributed by atoms with E-state index in [1.54, 1.807) is 30.3 Å². The third-order valence-electron chi connectivity index (χ3n) is 12.7. The number of benzene rings is 2. The lowest BCUT2D eigenvalue weighted by Crippen LogP contribution is -2.58. The molecule has 63 heavy (non-hydrogen) atoms. The fourth-order valence-corrected chi connectivity index (χ4v) is 10.5. The fourth-order valence-electron chi connectivity index (χ4n) is 9.10. The zero-order valence-corrected chi connectivity index (χ0v) is 35.1. The molecule has 15 nitrogen and oxygen atoms in total. The topological polar surface area (TPSA) is 190 Å². The summed E-state index contributed by atoms with van der Waals surface area (Å²) in [6.45, 7) is -0.204. The standard InChI is InChI=1S/C44H48F3N7O8S/c45-44(46,47)32-18-11-17-31-37(32)51-54-36(23-34(48-38(31)54)26-12-5-4-6-13-26)61-29-22-35-39(55)50-43(41(57)52-63(59,60)30-20-21-30)24-27(43)14-7-2-1-3-8-19-33(40(56)53(35)25-29)49-42(58)62-28-15-9-10-16-28/h4-7,11-14,17-18,23,27-30,33,35H,1-3,8-10,15-16,19-22,24-25H2,(H,49,58)(H,50,55)(H,52,57)/b14-7-/t27-,29-,33+,35+,43-/m1/s1. The van der Waals surface area contributed by atoms with Gasteiger partial charge in [-0.15, -0.1) is 0 Å². The molecule has 4 amide bonds. The lowest BCUT2D eigenvalue weighted by atomic mass is 10.0. The van der Waals surface area contributed by atoms with E-state index in [2.05, 4.69) is 20.5 Å². The smallest absolute Gasteiger partial charge is 0.418 e. The van der Waals surface area contributed by atoms with Gasteiger partial charge in [-0.1, -0.05) is 61.4 Å². The van der Waals surface area contributed by atoms with Crippen LogP contribution in [0.25, 0.3) is 27.8 Å². The predicted octanol–water partition coefficient (Wildman–Crippen LogP) is 5.96. The molecule has 4 fully saturated rings. The summed E-state index contributed by atoms with van der Waals surface area (Å²) in [4.78, 5) is 62.5. The zero-order valence-electron chi connectivity index (χ0n) is 34.3. The van der Waals surface area contributed by atoms with Gasteiger partial charge in [0.2, 0.25) is 27.7 Å². The van der Waals surface area contributed by atoms with Crippen molar-refractivity contribution in [1.29, 1.82) is 0 Å². The largest absolute Gasteiger partial charge is 0.472 e. The van der Waals surface area contributed by atoms with Gasteiger partial charge in [0.05, 0.1) is 23.1 Å². The number of carbonyl (C=O) groups is 4. The number of amides is 4. The molecule has 0 unspecified atom stereocenters. The summed E-state index contributed by atoms with van der Waals surface area (Å²) in [6.07, 6.45) is 3.95. The number of nitrogens with zero attached hydrogens (tertiary/aromatic N) is 4. The van der Waals surface area contributed by atoms with Crippen LogP contribution in [0, 0.1) is 5.92 Å². The van der Waals surface area contributed by atoms with Crippen LogP contribution in [-0.2, 0) is 35.3 Å². The molecule has 5 atom stereocenters. The number of alkyl halides is 3. The monoisotopic (exact) mass is 891 g/mol. The SMILES string of the molecule is O=C(N[C@H]1CCCCC/C=C\[C@@H]2C[C@@]2(C(=O)NS(=O)(=O)C2CC2)NC(=O)[C@@H]2C[C@@H](Oc3cc(-c4ccccc4)nc4c5cccc(C(F)(F)F)c5nn34)CN2C1=O)OC1CCCC1. The van der Waals surface area contributed by atoms with Gasteiger partial charge in [-0.05, 0) is 76.3 Å². The van der Waals surface area contributed by atoms with Gasteiger partial charge in [0.25, 0.3) is 5.91 Å². The van der Waals surface area contributed by atoms with Gasteiger partial charge in [0.15, 0.2) is 5.65 Å². The van der Waals surface area contributed by atoms with Crippen LogP contribution in [0.5, 0.6) is 5.88 Å². The Morgan fingerprint density at radius 2 is 1.68 bits per heavy atom. The molecule has 0 spiro atoms. The second kappa shape index (κ2) is 16.8. The first-order valence-electron chi connectivity index (χ1n) is 21.6. The number of halogens is 3. The Morgan fingerprint density at radius 3 is 2.43 bits per heavy atom. The number of ether oxygens (including phenoxy) is 2. The Kier molecular flexibility index (Phi) is 11.3. The van der Waals surface area contributed by atoms with Crippen molar-refractivity contribution in [1.82, 2.24) is 34.9 Å². The molecule has 0 radical (unpaired) electrons. The molecule has 19 heteroatoms. The number of aromatic nitrogens is 3. The maximum absolute atomic E-state index is 14.8. The highest BCUT2D eigenvalue weighted by molar-refractivity contribution is 7.91. The Balaban J connectivity index is 1.08. The lowest BCUT2D eigenvalue weighted by Gasteiger charge is -2.30. The average molecular weight is 892 g/mol. The first kappa shape index (κ1) is 42.6. The van der Waals surface area contributed by atoms with Crippen molar-refractivity contribution < 1.29 is 50.2 Å². The van der Waals surface area contributed by atoms with Gasteiger partial charge in [-0.3, -0.25) is 19.1 Å². The molecule has 2 aromatic carbocycles. The molecule has 9 rings (SSSR count). The maximum Gasteiger partial charge on any atom is 0.418 e. The predicted molar refractivity (Wildman–Crippen MR) is 222 cm³/mol. The van der Waals surface area contributed by atoms with E-state index >= 15 is 0 Å². The van der Waals surface area contributed by atoms with E-state index in [4.69, 9.17) is 14.5 Å². The number of carbonyl (C=O) groups excluding carboxylic acids is 4. The van der Waals surface area contributed by atoms with E-state index in [0.29, 0.717) is 56.2 Å². The second-order valence-corrected chi connectivity index (χ2v) is 19.2. The van der Waals surface area contributed by atoms with Gasteiger partial charge in [-0.2, -0.15) is 22.8 Å². The molecule has 3 N–H and O–H groups in total. The highest BCUT2D eigenvalue weighted by Crippen LogP contribution is 2.46. The minimum atomic E-state index is -4.73. The van der Waals surface area contributed by atoms with Crippen molar-refractivity contribution in [2.24, 2.45) is 5.92 Å². The molecule has 1 saturated heterocycles. The first-order chi connectivity index (χ1) is 30.2. The van der Waals surface area contributed by atoms with E-state index in [-0.39, 0.29) is 54.3 Å². The second-order valence-electron chi connectivity index (χ2n) is 17.3. The highest BCUT2D eigenvalue weighted by Gasteiger charge is 2.62. The number of allylic oxidation sites excluding steroid dienone is 1. The molecule has 3 aliphatic carbocycles. The minimum absolute atomic E-state index is 0.00730. The molecule has 4 aromatic rings. The Bertz CT molecular complexity index is 2580. The number of sulfonamides is 1. The molecule has 3 saturated carbocycles. The quantitative estimate of drug-likeness (QED) is 0.178. The van der Waals surface area contributed by atoms with Crippen LogP contribution in [0.2, 0.25) is 0 Å². The van der Waals surface area contributed by atoms with E-state index in [1.165, 1.54) is 27.6 Å². The fraction of sp³-hybridized carbons (Fsp3) is 0.500. The molecule has 0 bridgehead atoms. The van der Waals surface area contributed by atoms with Gasteiger partial charge >= 0.3 is 12.3 Å². The van der Waals surface area contributed by atoms with Gasteiger partial charge in [0.1, 0.15) is 35.3 Å². The van der Waals surface area contributed by atoms with E-state index in [0.717, 1.165) is 25.3 Å². The summed E-state index contributed by atoms with van der Waals surface area (Å²) in [7, 11) is -3.98. The van der Waals surface area contributed by atoms with Crippen LogP contribution in [0.3, 0.4) is 0 Å². The third kappa shape index (κ3) is 8.80.